The average molecular weight is 435 g/mol. The maximum Gasteiger partial charge on any atom is 0.277 e. The lowest BCUT2D eigenvalue weighted by atomic mass is 10.2. The molecule has 0 aliphatic heterocycles. The molecule has 0 radical (unpaired) electrons. The summed E-state index contributed by atoms with van der Waals surface area (Å²) in [7, 11) is 0. The number of para-hydroxylation sites is 1. The molecule has 0 fully saturated rings. The van der Waals surface area contributed by atoms with E-state index in [1.807, 2.05) is 26.0 Å². The van der Waals surface area contributed by atoms with Crippen LogP contribution in [0.25, 0.3) is 10.2 Å². The smallest absolute Gasteiger partial charge is 0.277 e. The SMILES string of the molecule is Cc1sc2nc(CSc3nnc(COc4ccccc4Cl)o3)[nH]c(=O)c2c1C. The first-order valence-corrected chi connectivity index (χ1v) is 10.5. The van der Waals surface area contributed by atoms with Gasteiger partial charge in [0.25, 0.3) is 16.7 Å². The molecule has 0 unspecified atom stereocenters. The summed E-state index contributed by atoms with van der Waals surface area (Å²) in [6.07, 6.45) is 0. The molecule has 4 aromatic rings. The summed E-state index contributed by atoms with van der Waals surface area (Å²) in [4.78, 5) is 21.5. The van der Waals surface area contributed by atoms with E-state index in [9.17, 15) is 4.79 Å². The zero-order chi connectivity index (χ0) is 19.7. The molecule has 1 N–H and O–H groups in total. The highest BCUT2D eigenvalue weighted by molar-refractivity contribution is 7.98. The van der Waals surface area contributed by atoms with Crippen LogP contribution >= 0.6 is 34.7 Å². The lowest BCUT2D eigenvalue weighted by molar-refractivity contribution is 0.252. The molecule has 0 spiro atoms. The maximum absolute atomic E-state index is 12.3. The number of aromatic nitrogens is 4. The van der Waals surface area contributed by atoms with Crippen molar-refractivity contribution in [3.63, 3.8) is 0 Å². The van der Waals surface area contributed by atoms with Gasteiger partial charge in [0.05, 0.1) is 16.2 Å². The second-order valence-corrected chi connectivity index (χ2v) is 8.48. The lowest BCUT2D eigenvalue weighted by Crippen LogP contribution is -2.10. The third-order valence-electron chi connectivity index (χ3n) is 4.06. The number of thioether (sulfide) groups is 1. The number of hydrogen-bond donors (Lipinski definition) is 1. The van der Waals surface area contributed by atoms with E-state index < -0.39 is 0 Å². The Morgan fingerprint density at radius 1 is 1.29 bits per heavy atom. The van der Waals surface area contributed by atoms with Crippen LogP contribution in [0, 0.1) is 13.8 Å². The number of benzene rings is 1. The highest BCUT2D eigenvalue weighted by Crippen LogP contribution is 2.27. The summed E-state index contributed by atoms with van der Waals surface area (Å²) in [6.45, 7) is 4.04. The molecular weight excluding hydrogens is 420 g/mol. The first-order chi connectivity index (χ1) is 13.5. The van der Waals surface area contributed by atoms with Gasteiger partial charge in [-0.1, -0.05) is 35.5 Å². The summed E-state index contributed by atoms with van der Waals surface area (Å²) in [6, 6.07) is 7.16. The Kier molecular flexibility index (Phi) is 5.38. The first kappa shape index (κ1) is 19.0. The molecule has 0 saturated carbocycles. The summed E-state index contributed by atoms with van der Waals surface area (Å²) in [5.41, 5.74) is 0.856. The third kappa shape index (κ3) is 3.91. The van der Waals surface area contributed by atoms with E-state index in [4.69, 9.17) is 20.8 Å². The molecule has 0 atom stereocenters. The van der Waals surface area contributed by atoms with Crippen molar-refractivity contribution in [2.45, 2.75) is 31.4 Å². The summed E-state index contributed by atoms with van der Waals surface area (Å²) in [5, 5.41) is 9.49. The minimum Gasteiger partial charge on any atom is -0.482 e. The molecule has 0 aliphatic carbocycles. The predicted molar refractivity (Wildman–Crippen MR) is 109 cm³/mol. The van der Waals surface area contributed by atoms with Crippen LogP contribution < -0.4 is 10.3 Å². The number of ether oxygens (including phenoxy) is 1. The van der Waals surface area contributed by atoms with Crippen LogP contribution in [0.1, 0.15) is 22.2 Å². The van der Waals surface area contributed by atoms with Crippen LogP contribution in [0.2, 0.25) is 5.02 Å². The fourth-order valence-electron chi connectivity index (χ4n) is 2.55. The molecule has 4 rings (SSSR count). The van der Waals surface area contributed by atoms with Crippen LogP contribution in [0.5, 0.6) is 5.75 Å². The van der Waals surface area contributed by atoms with Gasteiger partial charge in [-0.05, 0) is 31.5 Å². The van der Waals surface area contributed by atoms with E-state index in [0.29, 0.717) is 38.8 Å². The Morgan fingerprint density at radius 3 is 2.93 bits per heavy atom. The van der Waals surface area contributed by atoms with Crippen molar-refractivity contribution in [3.05, 3.63) is 61.8 Å². The third-order valence-corrected chi connectivity index (χ3v) is 6.30. The predicted octanol–water partition coefficient (Wildman–Crippen LogP) is 4.51. The number of halogens is 1. The van der Waals surface area contributed by atoms with Gasteiger partial charge in [-0.3, -0.25) is 4.79 Å². The first-order valence-electron chi connectivity index (χ1n) is 8.32. The fourth-order valence-corrected chi connectivity index (χ4v) is 4.44. The highest BCUT2D eigenvalue weighted by atomic mass is 35.5. The van der Waals surface area contributed by atoms with Gasteiger partial charge in [-0.25, -0.2) is 4.98 Å². The number of rotatable bonds is 6. The van der Waals surface area contributed by atoms with Crippen LogP contribution in [0.4, 0.5) is 0 Å². The summed E-state index contributed by atoms with van der Waals surface area (Å²) >= 11 is 8.86. The van der Waals surface area contributed by atoms with Crippen molar-refractivity contribution in [2.24, 2.45) is 0 Å². The standard InChI is InChI=1S/C18H15ClN4O3S2/c1-9-10(2)28-17-15(9)16(24)20-13(21-17)8-27-18-23-22-14(26-18)7-25-12-6-4-3-5-11(12)19/h3-6H,7-8H2,1-2H3,(H,20,21,24). The lowest BCUT2D eigenvalue weighted by Gasteiger charge is -2.04. The molecule has 10 heteroatoms. The molecule has 0 amide bonds. The van der Waals surface area contributed by atoms with Gasteiger partial charge >= 0.3 is 0 Å². The van der Waals surface area contributed by atoms with Crippen LogP contribution in [0.3, 0.4) is 0 Å². The van der Waals surface area contributed by atoms with Gasteiger partial charge in [-0.2, -0.15) is 0 Å². The normalized spacial score (nSPS) is 11.2. The Hall–Kier alpha value is -2.36. The van der Waals surface area contributed by atoms with E-state index >= 15 is 0 Å². The van der Waals surface area contributed by atoms with Gasteiger partial charge < -0.3 is 14.1 Å². The van der Waals surface area contributed by atoms with E-state index in [0.717, 1.165) is 15.3 Å². The molecule has 0 bridgehead atoms. The molecule has 3 heterocycles. The fraction of sp³-hybridized carbons (Fsp3) is 0.222. The van der Waals surface area contributed by atoms with Gasteiger partial charge in [0.2, 0.25) is 0 Å². The molecule has 144 valence electrons. The molecule has 0 saturated heterocycles. The number of aryl methyl sites for hydroxylation is 2. The van der Waals surface area contributed by atoms with Gasteiger partial charge in [0.1, 0.15) is 16.4 Å². The van der Waals surface area contributed by atoms with Crippen molar-refractivity contribution < 1.29 is 9.15 Å². The number of thiophene rings is 1. The largest absolute Gasteiger partial charge is 0.482 e. The Morgan fingerprint density at radius 2 is 2.11 bits per heavy atom. The maximum atomic E-state index is 12.3. The molecule has 0 aliphatic rings. The number of nitrogens with zero attached hydrogens (tertiary/aromatic N) is 3. The minimum atomic E-state index is -0.123. The number of fused-ring (bicyclic) bond motifs is 1. The van der Waals surface area contributed by atoms with E-state index in [2.05, 4.69) is 20.2 Å². The number of hydrogen-bond acceptors (Lipinski definition) is 8. The topological polar surface area (TPSA) is 93.9 Å². The second-order valence-electron chi connectivity index (χ2n) is 5.95. The van der Waals surface area contributed by atoms with Crippen molar-refractivity contribution >= 4 is 44.9 Å². The van der Waals surface area contributed by atoms with Crippen molar-refractivity contribution in [3.8, 4) is 5.75 Å². The molecular formula is C18H15ClN4O3S2. The highest BCUT2D eigenvalue weighted by Gasteiger charge is 2.13. The van der Waals surface area contributed by atoms with Crippen LogP contribution in [-0.2, 0) is 12.4 Å². The van der Waals surface area contributed by atoms with Crippen LogP contribution in [-0.4, -0.2) is 20.2 Å². The van der Waals surface area contributed by atoms with Crippen LogP contribution in [0.15, 0.2) is 38.7 Å². The number of nitrogens with one attached hydrogen (secondary N) is 1. The van der Waals surface area contributed by atoms with Crippen molar-refractivity contribution in [1.82, 2.24) is 20.2 Å². The summed E-state index contributed by atoms with van der Waals surface area (Å²) in [5.74, 6) is 1.86. The molecule has 3 aromatic heterocycles. The van der Waals surface area contributed by atoms with E-state index in [1.54, 1.807) is 12.1 Å². The monoisotopic (exact) mass is 434 g/mol. The summed E-state index contributed by atoms with van der Waals surface area (Å²) < 4.78 is 11.1. The zero-order valence-corrected chi connectivity index (χ0v) is 17.4. The Bertz CT molecular complexity index is 1200. The second kappa shape index (κ2) is 7.94. The molecule has 7 nitrogen and oxygen atoms in total. The minimum absolute atomic E-state index is 0.117. The zero-order valence-electron chi connectivity index (χ0n) is 15.0. The van der Waals surface area contributed by atoms with E-state index in [1.165, 1.54) is 23.1 Å². The average Bonchev–Trinajstić information content (AvgIpc) is 3.24. The molecule has 28 heavy (non-hydrogen) atoms. The van der Waals surface area contributed by atoms with Gasteiger partial charge in [0, 0.05) is 4.88 Å². The van der Waals surface area contributed by atoms with Crippen molar-refractivity contribution in [2.75, 3.05) is 0 Å². The molecule has 1 aromatic carbocycles. The van der Waals surface area contributed by atoms with E-state index in [-0.39, 0.29) is 12.2 Å². The number of aromatic amines is 1. The Balaban J connectivity index is 1.41. The quantitative estimate of drug-likeness (QED) is 0.446. The Labute approximate surface area is 173 Å². The van der Waals surface area contributed by atoms with Gasteiger partial charge in [-0.15, -0.1) is 21.5 Å². The number of H-pyrrole nitrogens is 1. The van der Waals surface area contributed by atoms with Gasteiger partial charge in [0.15, 0.2) is 6.61 Å². The van der Waals surface area contributed by atoms with Crippen molar-refractivity contribution in [1.29, 1.82) is 0 Å².